The Morgan fingerprint density at radius 3 is 2.46 bits per heavy atom. The molecule has 132 valence electrons. The van der Waals surface area contributed by atoms with Gasteiger partial charge in [-0.05, 0) is 19.8 Å². The summed E-state index contributed by atoms with van der Waals surface area (Å²) in [7, 11) is 0. The molecule has 0 atom stereocenters. The van der Waals surface area contributed by atoms with Crippen LogP contribution in [0.3, 0.4) is 0 Å². The van der Waals surface area contributed by atoms with Gasteiger partial charge < -0.3 is 19.6 Å². The van der Waals surface area contributed by atoms with Crippen molar-refractivity contribution in [3.63, 3.8) is 0 Å². The lowest BCUT2D eigenvalue weighted by Gasteiger charge is -2.34. The summed E-state index contributed by atoms with van der Waals surface area (Å²) < 4.78 is 5.23. The molecule has 0 bridgehead atoms. The van der Waals surface area contributed by atoms with Crippen molar-refractivity contribution >= 4 is 11.9 Å². The largest absolute Gasteiger partial charge is 0.360 e. The fourth-order valence-corrected chi connectivity index (χ4v) is 3.16. The zero-order valence-electron chi connectivity index (χ0n) is 14.2. The Bertz CT molecular complexity index is 574. The Hall–Kier alpha value is -2.09. The average molecular weight is 335 g/mol. The van der Waals surface area contributed by atoms with Gasteiger partial charge in [0.15, 0.2) is 5.76 Å². The van der Waals surface area contributed by atoms with E-state index in [0.717, 1.165) is 50.5 Å². The zero-order valence-corrected chi connectivity index (χ0v) is 14.2. The first-order chi connectivity index (χ1) is 11.6. The molecule has 0 aliphatic carbocycles. The second-order valence-corrected chi connectivity index (χ2v) is 6.44. The predicted molar refractivity (Wildman–Crippen MR) is 87.3 cm³/mol. The maximum Gasteiger partial charge on any atom is 0.317 e. The summed E-state index contributed by atoms with van der Waals surface area (Å²) in [6.07, 6.45) is 2.12. The number of hydrogen-bond donors (Lipinski definition) is 1. The SMILES string of the molecule is Cc1cc(CN2CCN(C(=O)NCC(=O)N3CCCC3)CC2)on1. The maximum atomic E-state index is 12.2. The molecular weight excluding hydrogens is 310 g/mol. The lowest BCUT2D eigenvalue weighted by atomic mass is 10.3. The molecule has 2 fully saturated rings. The first kappa shape index (κ1) is 16.8. The highest BCUT2D eigenvalue weighted by atomic mass is 16.5. The van der Waals surface area contributed by atoms with Crippen molar-refractivity contribution in [1.29, 1.82) is 0 Å². The fraction of sp³-hybridized carbons (Fsp3) is 0.688. The number of urea groups is 1. The first-order valence-corrected chi connectivity index (χ1v) is 8.57. The Morgan fingerprint density at radius 2 is 1.83 bits per heavy atom. The van der Waals surface area contributed by atoms with Crippen LogP contribution >= 0.6 is 0 Å². The third-order valence-corrected chi connectivity index (χ3v) is 4.57. The number of carbonyl (C=O) groups excluding carboxylic acids is 2. The summed E-state index contributed by atoms with van der Waals surface area (Å²) in [5.41, 5.74) is 0.880. The third-order valence-electron chi connectivity index (χ3n) is 4.57. The highest BCUT2D eigenvalue weighted by Crippen LogP contribution is 2.10. The van der Waals surface area contributed by atoms with Crippen LogP contribution in [0, 0.1) is 6.92 Å². The number of aryl methyl sites for hydroxylation is 1. The second kappa shape index (κ2) is 7.65. The Labute approximate surface area is 141 Å². The highest BCUT2D eigenvalue weighted by Gasteiger charge is 2.23. The van der Waals surface area contributed by atoms with Crippen LogP contribution in [0.2, 0.25) is 0 Å². The van der Waals surface area contributed by atoms with Crippen molar-refractivity contribution in [2.45, 2.75) is 26.3 Å². The minimum atomic E-state index is -0.155. The average Bonchev–Trinajstić information content (AvgIpc) is 3.25. The van der Waals surface area contributed by atoms with Crippen LogP contribution < -0.4 is 5.32 Å². The summed E-state index contributed by atoms with van der Waals surface area (Å²) in [5, 5.41) is 6.63. The molecule has 8 heteroatoms. The Morgan fingerprint density at radius 1 is 1.12 bits per heavy atom. The Kier molecular flexibility index (Phi) is 5.34. The Balaban J connectivity index is 1.37. The lowest BCUT2D eigenvalue weighted by Crippen LogP contribution is -2.52. The summed E-state index contributed by atoms with van der Waals surface area (Å²) >= 11 is 0. The van der Waals surface area contributed by atoms with Crippen molar-refractivity contribution in [3.8, 4) is 0 Å². The van der Waals surface area contributed by atoms with Crippen LogP contribution in [0.4, 0.5) is 4.79 Å². The van der Waals surface area contributed by atoms with Crippen LogP contribution in [0.15, 0.2) is 10.6 Å². The molecule has 1 N–H and O–H groups in total. The third kappa shape index (κ3) is 4.25. The van der Waals surface area contributed by atoms with Gasteiger partial charge in [-0.25, -0.2) is 4.79 Å². The summed E-state index contributed by atoms with van der Waals surface area (Å²) in [6, 6.07) is 1.78. The highest BCUT2D eigenvalue weighted by molar-refractivity contribution is 5.84. The normalized spacial score (nSPS) is 18.9. The number of amides is 3. The molecule has 1 aromatic heterocycles. The second-order valence-electron chi connectivity index (χ2n) is 6.44. The monoisotopic (exact) mass is 335 g/mol. The van der Waals surface area contributed by atoms with Crippen LogP contribution in [0.25, 0.3) is 0 Å². The number of likely N-dealkylation sites (tertiary alicyclic amines) is 1. The van der Waals surface area contributed by atoms with E-state index in [9.17, 15) is 9.59 Å². The quantitative estimate of drug-likeness (QED) is 0.863. The van der Waals surface area contributed by atoms with Crippen molar-refractivity contribution in [1.82, 2.24) is 25.2 Å². The van der Waals surface area contributed by atoms with E-state index in [1.165, 1.54) is 0 Å². The minimum Gasteiger partial charge on any atom is -0.360 e. The summed E-state index contributed by atoms with van der Waals surface area (Å²) in [5.74, 6) is 0.863. The maximum absolute atomic E-state index is 12.2. The number of piperazine rings is 1. The molecule has 1 aromatic rings. The van der Waals surface area contributed by atoms with E-state index in [0.29, 0.717) is 19.6 Å². The van der Waals surface area contributed by atoms with Crippen LogP contribution in [0.1, 0.15) is 24.3 Å². The van der Waals surface area contributed by atoms with Gasteiger partial charge in [0, 0.05) is 45.3 Å². The molecule has 0 spiro atoms. The lowest BCUT2D eigenvalue weighted by molar-refractivity contribution is -0.129. The van der Waals surface area contributed by atoms with Gasteiger partial charge in [0.1, 0.15) is 0 Å². The molecule has 3 rings (SSSR count). The van der Waals surface area contributed by atoms with E-state index < -0.39 is 0 Å². The summed E-state index contributed by atoms with van der Waals surface area (Å²) in [6.45, 7) is 7.20. The van der Waals surface area contributed by atoms with E-state index in [1.54, 1.807) is 4.90 Å². The topological polar surface area (TPSA) is 81.9 Å². The molecule has 2 saturated heterocycles. The van der Waals surface area contributed by atoms with E-state index in [-0.39, 0.29) is 18.5 Å². The van der Waals surface area contributed by atoms with Gasteiger partial charge in [0.05, 0.1) is 18.8 Å². The van der Waals surface area contributed by atoms with Gasteiger partial charge in [0.25, 0.3) is 0 Å². The number of hydrogen-bond acceptors (Lipinski definition) is 5. The predicted octanol–water partition coefficient (Wildman–Crippen LogP) is 0.433. The summed E-state index contributed by atoms with van der Waals surface area (Å²) in [4.78, 5) is 30.0. The van der Waals surface area contributed by atoms with Gasteiger partial charge in [-0.15, -0.1) is 0 Å². The molecule has 0 saturated carbocycles. The fourth-order valence-electron chi connectivity index (χ4n) is 3.16. The van der Waals surface area contributed by atoms with Crippen LogP contribution in [-0.2, 0) is 11.3 Å². The van der Waals surface area contributed by atoms with Crippen molar-refractivity contribution < 1.29 is 14.1 Å². The van der Waals surface area contributed by atoms with Crippen molar-refractivity contribution in [3.05, 3.63) is 17.5 Å². The molecule has 0 radical (unpaired) electrons. The molecular formula is C16H25N5O3. The van der Waals surface area contributed by atoms with E-state index in [2.05, 4.69) is 15.4 Å². The molecule has 0 unspecified atom stereocenters. The zero-order chi connectivity index (χ0) is 16.9. The first-order valence-electron chi connectivity index (χ1n) is 8.57. The number of aromatic nitrogens is 1. The van der Waals surface area contributed by atoms with Gasteiger partial charge in [-0.2, -0.15) is 0 Å². The number of carbonyl (C=O) groups is 2. The molecule has 3 amide bonds. The number of rotatable bonds is 4. The molecule has 8 nitrogen and oxygen atoms in total. The standard InChI is InChI=1S/C16H25N5O3/c1-13-10-14(24-18-13)12-19-6-8-21(9-7-19)16(23)17-11-15(22)20-4-2-3-5-20/h10H,2-9,11-12H2,1H3,(H,17,23). The number of nitrogens with zero attached hydrogens (tertiary/aromatic N) is 4. The van der Waals surface area contributed by atoms with Crippen LogP contribution in [-0.4, -0.2) is 77.6 Å². The molecule has 24 heavy (non-hydrogen) atoms. The smallest absolute Gasteiger partial charge is 0.317 e. The molecule has 2 aliphatic heterocycles. The van der Waals surface area contributed by atoms with E-state index in [1.807, 2.05) is 17.9 Å². The van der Waals surface area contributed by atoms with Crippen molar-refractivity contribution in [2.24, 2.45) is 0 Å². The molecule has 2 aliphatic rings. The van der Waals surface area contributed by atoms with Gasteiger partial charge in [-0.3, -0.25) is 9.69 Å². The van der Waals surface area contributed by atoms with Crippen molar-refractivity contribution in [2.75, 3.05) is 45.8 Å². The van der Waals surface area contributed by atoms with Crippen LogP contribution in [0.5, 0.6) is 0 Å². The number of nitrogens with one attached hydrogen (secondary N) is 1. The van der Waals surface area contributed by atoms with E-state index in [4.69, 9.17) is 4.52 Å². The van der Waals surface area contributed by atoms with Gasteiger partial charge in [-0.1, -0.05) is 5.16 Å². The minimum absolute atomic E-state index is 0.0141. The van der Waals surface area contributed by atoms with E-state index >= 15 is 0 Å². The van der Waals surface area contributed by atoms with Gasteiger partial charge in [0.2, 0.25) is 5.91 Å². The molecule has 0 aromatic carbocycles. The van der Waals surface area contributed by atoms with Gasteiger partial charge >= 0.3 is 6.03 Å². The molecule has 3 heterocycles.